The number of ether oxygens (including phenoxy) is 3. The fourth-order valence-corrected chi connectivity index (χ4v) is 6.55. The maximum atomic E-state index is 14.1. The second kappa shape index (κ2) is 15.6. The van der Waals surface area contributed by atoms with E-state index in [0.29, 0.717) is 0 Å². The van der Waals surface area contributed by atoms with Crippen LogP contribution in [0.5, 0.6) is 0 Å². The van der Waals surface area contributed by atoms with Crippen LogP contribution in [0, 0.1) is 13.8 Å². The molecule has 0 aromatic carbocycles. The molecule has 260 valence electrons. The Balaban J connectivity index is 1.55. The van der Waals surface area contributed by atoms with Crippen LogP contribution >= 0.6 is 7.75 Å². The van der Waals surface area contributed by atoms with Gasteiger partial charge < -0.3 is 14.2 Å². The van der Waals surface area contributed by atoms with E-state index in [0.717, 1.165) is 9.13 Å². The number of aryl methyl sites for hydroxylation is 2. The number of carbonyl (C=O) groups excluding carboxylic acids is 1. The lowest BCUT2D eigenvalue weighted by atomic mass is 10.1. The molecule has 2 aliphatic rings. The number of aromatic amines is 2. The largest absolute Gasteiger partial charge is 0.465 e. The van der Waals surface area contributed by atoms with Crippen molar-refractivity contribution in [3.8, 4) is 0 Å². The molecule has 22 nitrogen and oxygen atoms in total. The third-order valence-corrected chi connectivity index (χ3v) is 9.21. The summed E-state index contributed by atoms with van der Waals surface area (Å²) in [5.74, 6) is -0.779. The Bertz CT molecular complexity index is 1780. The normalized spacial score (nSPS) is 25.4. The van der Waals surface area contributed by atoms with E-state index in [2.05, 4.69) is 35.1 Å². The topological polar surface area (TPSA) is 300 Å². The summed E-state index contributed by atoms with van der Waals surface area (Å²) in [6.45, 7) is 4.87. The summed E-state index contributed by atoms with van der Waals surface area (Å²) in [5, 5.41) is 9.89. The Kier molecular flexibility index (Phi) is 11.8. The first-order chi connectivity index (χ1) is 22.8. The van der Waals surface area contributed by atoms with Crippen LogP contribution in [0.25, 0.3) is 20.9 Å². The first-order valence-electron chi connectivity index (χ1n) is 14.7. The van der Waals surface area contributed by atoms with Crippen LogP contribution in [0.3, 0.4) is 0 Å². The SMILES string of the molecule is CCOC(=O)[C@H](C)NP(=O)(OC[C@@H]1O[C@H](n2cc(C)c(=O)[nH]c2=O)C[C@H]1N=[N+]=[N-])OC[C@@H]1O[C@H](n2cc(C)c(=O)[nH]c2=O)C[C@H]1N=[N+]=[N-]. The maximum Gasteiger partial charge on any atom is 0.406 e. The predicted octanol–water partition coefficient (Wildman–Crippen LogP) is 1.32. The Labute approximate surface area is 270 Å². The van der Waals surface area contributed by atoms with Gasteiger partial charge in [0, 0.05) is 46.2 Å². The van der Waals surface area contributed by atoms with E-state index in [1.807, 2.05) is 0 Å². The first-order valence-corrected chi connectivity index (χ1v) is 16.2. The maximum absolute atomic E-state index is 14.1. The number of aromatic nitrogens is 4. The Morgan fingerprint density at radius 1 is 0.958 bits per heavy atom. The third kappa shape index (κ3) is 8.49. The van der Waals surface area contributed by atoms with E-state index in [1.165, 1.54) is 33.2 Å². The number of nitrogens with one attached hydrogen (secondary N) is 3. The summed E-state index contributed by atoms with van der Waals surface area (Å²) < 4.78 is 44.5. The van der Waals surface area contributed by atoms with Crippen molar-refractivity contribution in [3.05, 3.63) is 86.1 Å². The van der Waals surface area contributed by atoms with Crippen molar-refractivity contribution in [2.45, 2.75) is 83.3 Å². The van der Waals surface area contributed by atoms with Crippen molar-refractivity contribution in [2.24, 2.45) is 10.2 Å². The molecule has 2 saturated heterocycles. The molecule has 0 unspecified atom stereocenters. The number of H-pyrrole nitrogens is 2. The summed E-state index contributed by atoms with van der Waals surface area (Å²) in [6, 6.07) is -3.04. The van der Waals surface area contributed by atoms with Gasteiger partial charge in [-0.25, -0.2) is 19.2 Å². The molecule has 48 heavy (non-hydrogen) atoms. The highest BCUT2D eigenvalue weighted by Gasteiger charge is 2.42. The van der Waals surface area contributed by atoms with Gasteiger partial charge in [0.2, 0.25) is 0 Å². The van der Waals surface area contributed by atoms with Gasteiger partial charge in [0.1, 0.15) is 18.5 Å². The predicted molar refractivity (Wildman–Crippen MR) is 164 cm³/mol. The minimum absolute atomic E-state index is 0.00393. The van der Waals surface area contributed by atoms with Crippen LogP contribution in [0.1, 0.15) is 50.3 Å². The monoisotopic (exact) mass is 695 g/mol. The number of carbonyl (C=O) groups is 1. The molecular formula is C25H34N11O11P. The summed E-state index contributed by atoms with van der Waals surface area (Å²) >= 11 is 0. The van der Waals surface area contributed by atoms with Gasteiger partial charge in [0.25, 0.3) is 11.1 Å². The average Bonchev–Trinajstić information content (AvgIpc) is 3.63. The van der Waals surface area contributed by atoms with Crippen LogP contribution in [0.2, 0.25) is 0 Å². The summed E-state index contributed by atoms with van der Waals surface area (Å²) in [4.78, 5) is 70.9. The molecule has 2 aromatic rings. The zero-order valence-corrected chi connectivity index (χ0v) is 27.1. The van der Waals surface area contributed by atoms with Crippen LogP contribution < -0.4 is 27.6 Å². The van der Waals surface area contributed by atoms with E-state index < -0.39 is 92.2 Å². The Morgan fingerprint density at radius 2 is 1.40 bits per heavy atom. The molecule has 2 aliphatic heterocycles. The van der Waals surface area contributed by atoms with Crippen LogP contribution in [0.15, 0.2) is 41.8 Å². The Morgan fingerprint density at radius 3 is 1.79 bits per heavy atom. The van der Waals surface area contributed by atoms with Gasteiger partial charge in [0.05, 0.1) is 44.1 Å². The number of azide groups is 2. The van der Waals surface area contributed by atoms with Crippen molar-refractivity contribution in [3.63, 3.8) is 0 Å². The van der Waals surface area contributed by atoms with Crippen molar-refractivity contribution in [1.29, 1.82) is 0 Å². The highest BCUT2D eigenvalue weighted by molar-refractivity contribution is 7.51. The molecule has 2 aromatic heterocycles. The molecule has 0 saturated carbocycles. The van der Waals surface area contributed by atoms with Gasteiger partial charge >= 0.3 is 25.1 Å². The highest BCUT2D eigenvalue weighted by Crippen LogP contribution is 2.47. The van der Waals surface area contributed by atoms with E-state index in [1.54, 1.807) is 6.92 Å². The quantitative estimate of drug-likeness (QED) is 0.0829. The van der Waals surface area contributed by atoms with Crippen molar-refractivity contribution in [2.75, 3.05) is 19.8 Å². The van der Waals surface area contributed by atoms with Crippen LogP contribution in [-0.4, -0.2) is 75.2 Å². The van der Waals surface area contributed by atoms with Gasteiger partial charge in [-0.1, -0.05) is 10.2 Å². The molecule has 4 heterocycles. The molecular weight excluding hydrogens is 661 g/mol. The van der Waals surface area contributed by atoms with E-state index in [9.17, 15) is 28.5 Å². The molecule has 3 N–H and O–H groups in total. The molecule has 23 heteroatoms. The number of hydrogen-bond donors (Lipinski definition) is 3. The molecule has 0 amide bonds. The molecule has 0 spiro atoms. The first kappa shape index (κ1) is 36.3. The van der Waals surface area contributed by atoms with Gasteiger partial charge in [-0.05, 0) is 38.8 Å². The lowest BCUT2D eigenvalue weighted by Gasteiger charge is -2.26. The number of hydrogen-bond acceptors (Lipinski definition) is 13. The lowest BCUT2D eigenvalue weighted by Crippen LogP contribution is -2.37. The van der Waals surface area contributed by atoms with Gasteiger partial charge in [-0.2, -0.15) is 0 Å². The van der Waals surface area contributed by atoms with Crippen molar-refractivity contribution in [1.82, 2.24) is 24.2 Å². The molecule has 0 radical (unpaired) electrons. The Hall–Kier alpha value is -4.52. The summed E-state index contributed by atoms with van der Waals surface area (Å²) in [6.07, 6.45) is -1.55. The number of esters is 1. The molecule has 0 aliphatic carbocycles. The average molecular weight is 696 g/mol. The fourth-order valence-electron chi connectivity index (χ4n) is 5.06. The number of rotatable bonds is 14. The summed E-state index contributed by atoms with van der Waals surface area (Å²) in [7, 11) is -4.49. The smallest absolute Gasteiger partial charge is 0.406 e. The lowest BCUT2D eigenvalue weighted by molar-refractivity contribution is -0.144. The van der Waals surface area contributed by atoms with Gasteiger partial charge in [-0.3, -0.25) is 42.5 Å². The zero-order valence-electron chi connectivity index (χ0n) is 26.2. The minimum atomic E-state index is -4.49. The zero-order chi connectivity index (χ0) is 35.2. The van der Waals surface area contributed by atoms with Gasteiger partial charge in [0.15, 0.2) is 0 Å². The molecule has 2 fully saturated rings. The second-order valence-electron chi connectivity index (χ2n) is 10.9. The van der Waals surface area contributed by atoms with Crippen molar-refractivity contribution < 1.29 is 32.6 Å². The van der Waals surface area contributed by atoms with Crippen LogP contribution in [-0.2, 0) is 32.6 Å². The standard InChI is InChI=1S/C25H34N11O11P/c1-5-43-23(39)14(4)32-48(42,44-10-17-15(30-33-26)6-19(46-17)35-8-12(2)21(37)28-24(35)40)45-11-18-16(31-34-27)7-20(47-18)36-9-13(3)22(38)29-25(36)41/h8-9,14-20H,5-7,10-11H2,1-4H3,(H,32,42)(H,28,37,40)(H,29,38,41)/t14-,15+,16+,17-,18-,19-,20-/m0/s1. The van der Waals surface area contributed by atoms with Crippen LogP contribution in [0.4, 0.5) is 0 Å². The van der Waals surface area contributed by atoms with E-state index in [4.69, 9.17) is 34.3 Å². The fraction of sp³-hybridized carbons (Fsp3) is 0.640. The minimum Gasteiger partial charge on any atom is -0.465 e. The van der Waals surface area contributed by atoms with E-state index >= 15 is 0 Å². The molecule has 0 bridgehead atoms. The third-order valence-electron chi connectivity index (χ3n) is 7.53. The van der Waals surface area contributed by atoms with Crippen molar-refractivity contribution >= 4 is 13.7 Å². The molecule has 7 atom stereocenters. The van der Waals surface area contributed by atoms with Gasteiger partial charge in [-0.15, -0.1) is 0 Å². The van der Waals surface area contributed by atoms with E-state index in [-0.39, 0.29) is 30.6 Å². The number of nitrogens with zero attached hydrogens (tertiary/aromatic N) is 8. The highest BCUT2D eigenvalue weighted by atomic mass is 31.2. The summed E-state index contributed by atoms with van der Waals surface area (Å²) in [5.41, 5.74) is 16.0. The molecule has 4 rings (SSSR count). The second-order valence-corrected chi connectivity index (χ2v) is 12.7.